The molecule has 1 heterocycles. The minimum Gasteiger partial charge on any atom is -0.508 e. The molecule has 20 heavy (non-hydrogen) atoms. The molecular formula is C13H11NO4S2. The summed E-state index contributed by atoms with van der Waals surface area (Å²) in [7, 11) is 0. The standard InChI is InChI=1S/C13H11NO4S2/c1-7(12(17)18)14-11(16)6-10(20-13(14)19)8-3-2-4-9(15)5-8/h2-7,15H,1H3,(H,17,18). The number of benzene rings is 1. The molecule has 0 saturated heterocycles. The number of aromatic hydroxyl groups is 1. The molecule has 0 radical (unpaired) electrons. The molecule has 5 nitrogen and oxygen atoms in total. The Balaban J connectivity index is 2.59. The van der Waals surface area contributed by atoms with Crippen LogP contribution < -0.4 is 5.56 Å². The summed E-state index contributed by atoms with van der Waals surface area (Å²) in [6.07, 6.45) is 0. The predicted octanol–water partition coefficient (Wildman–Crippen LogP) is 2.66. The maximum absolute atomic E-state index is 12.0. The molecule has 0 aliphatic carbocycles. The highest BCUT2D eigenvalue weighted by atomic mass is 32.1. The lowest BCUT2D eigenvalue weighted by atomic mass is 10.2. The molecule has 7 heteroatoms. The number of hydrogen-bond donors (Lipinski definition) is 2. The minimum absolute atomic E-state index is 0.0868. The van der Waals surface area contributed by atoms with Crippen molar-refractivity contribution >= 4 is 29.5 Å². The zero-order chi connectivity index (χ0) is 14.9. The van der Waals surface area contributed by atoms with Crippen LogP contribution in [0.2, 0.25) is 0 Å². The van der Waals surface area contributed by atoms with Crippen LogP contribution in [-0.2, 0) is 4.79 Å². The van der Waals surface area contributed by atoms with Crippen LogP contribution in [0.1, 0.15) is 13.0 Å². The molecule has 0 bridgehead atoms. The minimum atomic E-state index is -1.12. The quantitative estimate of drug-likeness (QED) is 0.852. The third kappa shape index (κ3) is 2.78. The van der Waals surface area contributed by atoms with Gasteiger partial charge in [0.05, 0.1) is 0 Å². The van der Waals surface area contributed by atoms with E-state index in [1.807, 2.05) is 0 Å². The Morgan fingerprint density at radius 2 is 2.10 bits per heavy atom. The number of aromatic nitrogens is 1. The molecule has 1 unspecified atom stereocenters. The van der Waals surface area contributed by atoms with E-state index in [1.54, 1.807) is 12.1 Å². The molecule has 1 aromatic carbocycles. The highest BCUT2D eigenvalue weighted by molar-refractivity contribution is 7.73. The Morgan fingerprint density at radius 1 is 1.40 bits per heavy atom. The number of phenolic OH excluding ortho intramolecular Hbond substituents is 1. The lowest BCUT2D eigenvalue weighted by Crippen LogP contribution is -2.27. The van der Waals surface area contributed by atoms with E-state index in [0.29, 0.717) is 10.4 Å². The molecule has 0 aliphatic heterocycles. The van der Waals surface area contributed by atoms with Crippen LogP contribution in [-0.4, -0.2) is 20.7 Å². The van der Waals surface area contributed by atoms with Crippen molar-refractivity contribution < 1.29 is 15.0 Å². The van der Waals surface area contributed by atoms with Gasteiger partial charge in [0.15, 0.2) is 3.95 Å². The molecule has 0 amide bonds. The maximum Gasteiger partial charge on any atom is 0.326 e. The van der Waals surface area contributed by atoms with Gasteiger partial charge in [-0.3, -0.25) is 9.36 Å². The van der Waals surface area contributed by atoms with Gasteiger partial charge in [-0.1, -0.05) is 12.1 Å². The van der Waals surface area contributed by atoms with Gasteiger partial charge in [0, 0.05) is 10.9 Å². The van der Waals surface area contributed by atoms with Crippen LogP contribution in [0.4, 0.5) is 0 Å². The van der Waals surface area contributed by atoms with Crippen molar-refractivity contribution in [2.75, 3.05) is 0 Å². The number of carboxylic acid groups (broad SMARTS) is 1. The van der Waals surface area contributed by atoms with Crippen LogP contribution in [0.5, 0.6) is 5.75 Å². The first-order valence-electron chi connectivity index (χ1n) is 5.69. The van der Waals surface area contributed by atoms with E-state index in [-0.39, 0.29) is 9.70 Å². The molecule has 0 aliphatic rings. The fourth-order valence-electron chi connectivity index (χ4n) is 1.71. The maximum atomic E-state index is 12.0. The number of aliphatic carboxylic acids is 1. The van der Waals surface area contributed by atoms with E-state index in [4.69, 9.17) is 17.3 Å². The Hall–Kier alpha value is -1.99. The van der Waals surface area contributed by atoms with Crippen molar-refractivity contribution in [2.24, 2.45) is 0 Å². The van der Waals surface area contributed by atoms with Crippen LogP contribution in [0, 0.1) is 3.95 Å². The van der Waals surface area contributed by atoms with E-state index in [0.717, 1.165) is 15.9 Å². The third-order valence-corrected chi connectivity index (χ3v) is 4.15. The first-order chi connectivity index (χ1) is 9.40. The smallest absolute Gasteiger partial charge is 0.326 e. The normalized spacial score (nSPS) is 12.1. The first-order valence-corrected chi connectivity index (χ1v) is 6.91. The summed E-state index contributed by atoms with van der Waals surface area (Å²) in [4.78, 5) is 23.6. The largest absolute Gasteiger partial charge is 0.508 e. The van der Waals surface area contributed by atoms with E-state index in [1.165, 1.54) is 25.1 Å². The van der Waals surface area contributed by atoms with Gasteiger partial charge in [0.2, 0.25) is 0 Å². The fraction of sp³-hybridized carbons (Fsp3) is 0.154. The van der Waals surface area contributed by atoms with Crippen LogP contribution in [0.25, 0.3) is 10.4 Å². The van der Waals surface area contributed by atoms with Crippen molar-refractivity contribution in [1.82, 2.24) is 4.57 Å². The van der Waals surface area contributed by atoms with E-state index in [9.17, 15) is 14.7 Å². The second-order valence-corrected chi connectivity index (χ2v) is 5.83. The predicted molar refractivity (Wildman–Crippen MR) is 78.9 cm³/mol. The molecular weight excluding hydrogens is 298 g/mol. The topological polar surface area (TPSA) is 79.5 Å². The Kier molecular flexibility index (Phi) is 4.01. The van der Waals surface area contributed by atoms with Gasteiger partial charge in [0.1, 0.15) is 11.8 Å². The fourth-order valence-corrected chi connectivity index (χ4v) is 3.16. The molecule has 2 aromatic rings. The molecule has 104 valence electrons. The summed E-state index contributed by atoms with van der Waals surface area (Å²) in [6, 6.07) is 6.76. The second kappa shape index (κ2) is 5.56. The Morgan fingerprint density at radius 3 is 2.65 bits per heavy atom. The summed E-state index contributed by atoms with van der Waals surface area (Å²) < 4.78 is 1.25. The van der Waals surface area contributed by atoms with E-state index < -0.39 is 17.6 Å². The van der Waals surface area contributed by atoms with Gasteiger partial charge >= 0.3 is 5.97 Å². The number of rotatable bonds is 3. The number of phenols is 1. The number of carbonyl (C=O) groups is 1. The van der Waals surface area contributed by atoms with Gasteiger partial charge in [-0.05, 0) is 36.8 Å². The number of nitrogens with zero attached hydrogens (tertiary/aromatic N) is 1. The van der Waals surface area contributed by atoms with Crippen molar-refractivity contribution in [3.05, 3.63) is 44.6 Å². The molecule has 1 aromatic heterocycles. The lowest BCUT2D eigenvalue weighted by molar-refractivity contribution is -0.140. The summed E-state index contributed by atoms with van der Waals surface area (Å²) in [5, 5.41) is 18.4. The van der Waals surface area contributed by atoms with Gasteiger partial charge in [-0.15, -0.1) is 11.3 Å². The average Bonchev–Trinajstić information content (AvgIpc) is 2.37. The van der Waals surface area contributed by atoms with Crippen molar-refractivity contribution in [2.45, 2.75) is 13.0 Å². The van der Waals surface area contributed by atoms with Gasteiger partial charge < -0.3 is 10.2 Å². The van der Waals surface area contributed by atoms with Gasteiger partial charge in [0.25, 0.3) is 5.56 Å². The molecule has 2 rings (SSSR count). The molecule has 0 fully saturated rings. The third-order valence-electron chi connectivity index (χ3n) is 2.76. The first kappa shape index (κ1) is 14.4. The highest BCUT2D eigenvalue weighted by Gasteiger charge is 2.17. The van der Waals surface area contributed by atoms with Crippen LogP contribution >= 0.6 is 23.6 Å². The molecule has 1 atom stereocenters. The van der Waals surface area contributed by atoms with Crippen molar-refractivity contribution in [1.29, 1.82) is 0 Å². The molecule has 0 saturated carbocycles. The lowest BCUT2D eigenvalue weighted by Gasteiger charge is -2.11. The van der Waals surface area contributed by atoms with Gasteiger partial charge in [-0.2, -0.15) is 0 Å². The zero-order valence-electron chi connectivity index (χ0n) is 10.4. The average molecular weight is 309 g/mol. The highest BCUT2D eigenvalue weighted by Crippen LogP contribution is 2.26. The van der Waals surface area contributed by atoms with Gasteiger partial charge in [-0.25, -0.2) is 4.79 Å². The van der Waals surface area contributed by atoms with E-state index in [2.05, 4.69) is 0 Å². The second-order valence-electron chi connectivity index (χ2n) is 4.15. The summed E-state index contributed by atoms with van der Waals surface area (Å²) in [5.41, 5.74) is 0.190. The zero-order valence-corrected chi connectivity index (χ0v) is 12.1. The summed E-state index contributed by atoms with van der Waals surface area (Å²) in [5.74, 6) is -1.03. The Labute approximate surface area is 123 Å². The monoisotopic (exact) mass is 309 g/mol. The van der Waals surface area contributed by atoms with Crippen LogP contribution in [0.15, 0.2) is 35.1 Å². The Bertz CT molecular complexity index is 747. The number of hydrogen-bond acceptors (Lipinski definition) is 5. The van der Waals surface area contributed by atoms with Crippen molar-refractivity contribution in [3.8, 4) is 16.2 Å². The summed E-state index contributed by atoms with van der Waals surface area (Å²) >= 11 is 6.24. The molecule has 0 spiro atoms. The molecule has 2 N–H and O–H groups in total. The SMILES string of the molecule is CC(C(=O)O)n1c(=O)cc(-c2cccc(O)c2)sc1=S. The summed E-state index contributed by atoms with van der Waals surface area (Å²) in [6.45, 7) is 1.40. The van der Waals surface area contributed by atoms with Crippen LogP contribution in [0.3, 0.4) is 0 Å². The number of carboxylic acids is 1. The van der Waals surface area contributed by atoms with E-state index >= 15 is 0 Å². The van der Waals surface area contributed by atoms with Crippen molar-refractivity contribution in [3.63, 3.8) is 0 Å².